The van der Waals surface area contributed by atoms with E-state index in [1.54, 1.807) is 0 Å². The third kappa shape index (κ3) is 4.88. The number of halogens is 3. The summed E-state index contributed by atoms with van der Waals surface area (Å²) in [5.74, 6) is -1.82. The van der Waals surface area contributed by atoms with Gasteiger partial charge in [0.1, 0.15) is 6.54 Å². The lowest BCUT2D eigenvalue weighted by molar-refractivity contribution is -0.384. The van der Waals surface area contributed by atoms with Crippen LogP contribution in [0.1, 0.15) is 0 Å². The van der Waals surface area contributed by atoms with Gasteiger partial charge in [0.05, 0.1) is 28.4 Å². The van der Waals surface area contributed by atoms with Crippen LogP contribution >= 0.6 is 0 Å². The number of hydrogen-bond acceptors (Lipinski definition) is 7. The number of aromatic nitrogens is 2. The average Bonchev–Trinajstić information content (AvgIpc) is 2.95. The van der Waals surface area contributed by atoms with Gasteiger partial charge >= 0.3 is 11.9 Å². The predicted octanol–water partition coefficient (Wildman–Crippen LogP) is 2.48. The summed E-state index contributed by atoms with van der Waals surface area (Å²) in [6, 6.07) is 5.92. The number of nitrogens with zero attached hydrogens (tertiary/aromatic N) is 3. The summed E-state index contributed by atoms with van der Waals surface area (Å²) in [5.41, 5.74) is 0.0159. The van der Waals surface area contributed by atoms with Gasteiger partial charge < -0.3 is 14.5 Å². The molecule has 0 spiro atoms. The Morgan fingerprint density at radius 3 is 2.69 bits per heavy atom. The van der Waals surface area contributed by atoms with Gasteiger partial charge in [0.25, 0.3) is 5.69 Å². The molecule has 0 aliphatic heterocycles. The molecule has 0 saturated carbocycles. The zero-order valence-electron chi connectivity index (χ0n) is 14.3. The van der Waals surface area contributed by atoms with Crippen LogP contribution in [-0.4, -0.2) is 33.2 Å². The zero-order chi connectivity index (χ0) is 21.2. The molecule has 1 amide bonds. The largest absolute Gasteiger partial charge is 0.468 e. The number of benzene rings is 1. The highest BCUT2D eigenvalue weighted by atomic mass is 19.4. The first-order chi connectivity index (χ1) is 13.6. The third-order valence-corrected chi connectivity index (χ3v) is 3.57. The van der Waals surface area contributed by atoms with Gasteiger partial charge in [-0.25, -0.2) is 9.78 Å². The highest BCUT2D eigenvalue weighted by molar-refractivity contribution is 5.91. The normalized spacial score (nSPS) is 11.4. The Bertz CT molecular complexity index is 1120. The number of nitro benzene ring substituents is 1. The number of oxazole rings is 1. The average molecular weight is 412 g/mol. The molecule has 3 rings (SSSR count). The second kappa shape index (κ2) is 7.61. The molecule has 29 heavy (non-hydrogen) atoms. The molecule has 2 heterocycles. The highest BCUT2D eigenvalue weighted by Gasteiger charge is 2.28. The van der Waals surface area contributed by atoms with Crippen molar-refractivity contribution in [1.29, 1.82) is 0 Å². The molecule has 10 nitrogen and oxygen atoms in total. The fraction of sp³-hybridized carbons (Fsp3) is 0.188. The maximum Gasteiger partial charge on any atom is 0.422 e. The molecular formula is C16H11F3N4O6. The number of alkyl halides is 3. The SMILES string of the molecule is O=C(Cn1c(=O)oc2cc([N+](=O)[O-])ccc21)Nc1ccc(OCC(F)(F)F)nc1. The minimum Gasteiger partial charge on any atom is -0.468 e. The molecule has 13 heteroatoms. The highest BCUT2D eigenvalue weighted by Crippen LogP contribution is 2.20. The van der Waals surface area contributed by atoms with E-state index in [-0.39, 0.29) is 28.4 Å². The third-order valence-electron chi connectivity index (χ3n) is 3.57. The molecule has 0 aliphatic rings. The van der Waals surface area contributed by atoms with Crippen molar-refractivity contribution < 1.29 is 32.0 Å². The first-order valence-corrected chi connectivity index (χ1v) is 7.85. The summed E-state index contributed by atoms with van der Waals surface area (Å²) in [4.78, 5) is 37.9. The van der Waals surface area contributed by atoms with Gasteiger partial charge in [-0.15, -0.1) is 0 Å². The minimum absolute atomic E-state index is 0.0511. The molecule has 1 aromatic carbocycles. The number of hydrogen-bond donors (Lipinski definition) is 1. The van der Waals surface area contributed by atoms with Gasteiger partial charge in [0.2, 0.25) is 11.8 Å². The second-order valence-corrected chi connectivity index (χ2v) is 5.70. The number of amides is 1. The number of non-ortho nitro benzene ring substituents is 1. The summed E-state index contributed by atoms with van der Waals surface area (Å²) in [6.45, 7) is -1.96. The van der Waals surface area contributed by atoms with Gasteiger partial charge in [0, 0.05) is 12.1 Å². The first-order valence-electron chi connectivity index (χ1n) is 7.85. The monoisotopic (exact) mass is 412 g/mol. The first kappa shape index (κ1) is 19.9. The molecule has 0 saturated heterocycles. The molecule has 1 N–H and O–H groups in total. The molecule has 0 unspecified atom stereocenters. The van der Waals surface area contributed by atoms with E-state index in [4.69, 9.17) is 4.42 Å². The van der Waals surface area contributed by atoms with E-state index in [2.05, 4.69) is 15.0 Å². The van der Waals surface area contributed by atoms with Gasteiger partial charge in [-0.05, 0) is 12.1 Å². The number of rotatable bonds is 6. The molecule has 152 valence electrons. The maximum absolute atomic E-state index is 12.2. The molecule has 2 aromatic heterocycles. The topological polar surface area (TPSA) is 130 Å². The number of nitro groups is 1. The quantitative estimate of drug-likeness (QED) is 0.486. The second-order valence-electron chi connectivity index (χ2n) is 5.70. The summed E-state index contributed by atoms with van der Waals surface area (Å²) in [5, 5.41) is 13.2. The van der Waals surface area contributed by atoms with E-state index in [0.717, 1.165) is 29.0 Å². The van der Waals surface area contributed by atoms with E-state index in [9.17, 15) is 32.9 Å². The van der Waals surface area contributed by atoms with Crippen LogP contribution in [0.25, 0.3) is 11.1 Å². The summed E-state index contributed by atoms with van der Waals surface area (Å²) in [6.07, 6.45) is -3.42. The molecule has 0 fully saturated rings. The van der Waals surface area contributed by atoms with Crippen molar-refractivity contribution >= 4 is 28.4 Å². The van der Waals surface area contributed by atoms with E-state index >= 15 is 0 Å². The van der Waals surface area contributed by atoms with Gasteiger partial charge in [0.15, 0.2) is 12.2 Å². The van der Waals surface area contributed by atoms with E-state index in [1.807, 2.05) is 0 Å². The van der Waals surface area contributed by atoms with E-state index in [0.29, 0.717) is 0 Å². The zero-order valence-corrected chi connectivity index (χ0v) is 14.3. The fourth-order valence-corrected chi connectivity index (χ4v) is 2.36. The summed E-state index contributed by atoms with van der Waals surface area (Å²) in [7, 11) is 0. The Balaban J connectivity index is 1.69. The number of carbonyl (C=O) groups excluding carboxylic acids is 1. The van der Waals surface area contributed by atoms with Gasteiger partial charge in [-0.1, -0.05) is 0 Å². The number of nitrogens with one attached hydrogen (secondary N) is 1. The minimum atomic E-state index is -4.50. The van der Waals surface area contributed by atoms with Gasteiger partial charge in [-0.2, -0.15) is 13.2 Å². The van der Waals surface area contributed by atoms with Crippen LogP contribution in [-0.2, 0) is 11.3 Å². The summed E-state index contributed by atoms with van der Waals surface area (Å²) < 4.78 is 46.6. The lowest BCUT2D eigenvalue weighted by Gasteiger charge is -2.09. The van der Waals surface area contributed by atoms with Crippen molar-refractivity contribution in [2.45, 2.75) is 12.7 Å². The Morgan fingerprint density at radius 1 is 1.31 bits per heavy atom. The van der Waals surface area contributed by atoms with Crippen LogP contribution in [0.2, 0.25) is 0 Å². The van der Waals surface area contributed by atoms with E-state index in [1.165, 1.54) is 12.1 Å². The maximum atomic E-state index is 12.2. The molecule has 0 bridgehead atoms. The lowest BCUT2D eigenvalue weighted by atomic mass is 10.3. The molecule has 3 aromatic rings. The lowest BCUT2D eigenvalue weighted by Crippen LogP contribution is -2.24. The molecular weight excluding hydrogens is 401 g/mol. The van der Waals surface area contributed by atoms with Crippen LogP contribution in [0.4, 0.5) is 24.5 Å². The Kier molecular flexibility index (Phi) is 5.21. The van der Waals surface area contributed by atoms with Crippen LogP contribution in [0.3, 0.4) is 0 Å². The Hall–Kier alpha value is -3.90. The Morgan fingerprint density at radius 2 is 2.07 bits per heavy atom. The van der Waals surface area contributed by atoms with Crippen molar-refractivity contribution in [3.05, 3.63) is 57.2 Å². The van der Waals surface area contributed by atoms with Crippen molar-refractivity contribution in [3.8, 4) is 5.88 Å². The van der Waals surface area contributed by atoms with Crippen LogP contribution in [0, 0.1) is 10.1 Å². The number of pyridine rings is 1. The number of fused-ring (bicyclic) bond motifs is 1. The number of carbonyl (C=O) groups is 1. The fourth-order valence-electron chi connectivity index (χ4n) is 2.36. The van der Waals surface area contributed by atoms with Crippen molar-refractivity contribution in [2.75, 3.05) is 11.9 Å². The van der Waals surface area contributed by atoms with Crippen molar-refractivity contribution in [1.82, 2.24) is 9.55 Å². The van der Waals surface area contributed by atoms with Crippen molar-refractivity contribution in [2.24, 2.45) is 0 Å². The van der Waals surface area contributed by atoms with Crippen molar-refractivity contribution in [3.63, 3.8) is 0 Å². The smallest absolute Gasteiger partial charge is 0.422 e. The number of ether oxygens (including phenoxy) is 1. The summed E-state index contributed by atoms with van der Waals surface area (Å²) >= 11 is 0. The van der Waals surface area contributed by atoms with Gasteiger partial charge in [-0.3, -0.25) is 19.5 Å². The molecule has 0 radical (unpaired) electrons. The standard InChI is InChI=1S/C16H11F3N4O6/c17-16(18,19)8-28-14-4-1-9(6-20-14)21-13(24)7-22-11-3-2-10(23(26)27)5-12(11)29-15(22)25/h1-6H,7-8H2,(H,21,24). The Labute approximate surface area is 158 Å². The predicted molar refractivity (Wildman–Crippen MR) is 91.5 cm³/mol. The molecule has 0 atom stereocenters. The van der Waals surface area contributed by atoms with Crippen LogP contribution in [0.5, 0.6) is 5.88 Å². The van der Waals surface area contributed by atoms with Crippen LogP contribution in [0.15, 0.2) is 45.7 Å². The number of anilines is 1. The molecule has 0 aliphatic carbocycles. The van der Waals surface area contributed by atoms with E-state index < -0.39 is 35.9 Å². The van der Waals surface area contributed by atoms with Crippen LogP contribution < -0.4 is 15.8 Å².